The largest absolute Gasteiger partial charge is 0.494 e. The SMILES string of the molecule is Cc1ccc(C2=C(NC(=O)c3ccc(F)cc3Cl)C(=O)NC(c3ccc(OCCCC(F)(F)F)cc3)(C(F)(F)F)C2)cc1. The third kappa shape index (κ3) is 7.30. The molecule has 0 spiro atoms. The highest BCUT2D eigenvalue weighted by atomic mass is 35.5. The molecule has 1 atom stereocenters. The summed E-state index contributed by atoms with van der Waals surface area (Å²) in [5.74, 6) is -2.85. The van der Waals surface area contributed by atoms with Crippen LogP contribution in [0.2, 0.25) is 5.02 Å². The first-order valence-corrected chi connectivity index (χ1v) is 13.2. The van der Waals surface area contributed by atoms with Crippen LogP contribution in [0.5, 0.6) is 5.75 Å². The minimum atomic E-state index is -5.04. The van der Waals surface area contributed by atoms with E-state index in [1.807, 2.05) is 5.32 Å². The lowest BCUT2D eigenvalue weighted by atomic mass is 9.77. The molecule has 0 fully saturated rings. The lowest BCUT2D eigenvalue weighted by Gasteiger charge is -2.41. The molecule has 43 heavy (non-hydrogen) atoms. The summed E-state index contributed by atoms with van der Waals surface area (Å²) in [6, 6.07) is 13.7. The molecule has 1 heterocycles. The molecule has 3 aromatic carbocycles. The van der Waals surface area contributed by atoms with Gasteiger partial charge in [-0.25, -0.2) is 4.39 Å². The van der Waals surface area contributed by atoms with Gasteiger partial charge < -0.3 is 15.4 Å². The number of nitrogens with one attached hydrogen (secondary N) is 2. The van der Waals surface area contributed by atoms with Crippen LogP contribution >= 0.6 is 11.6 Å². The predicted molar refractivity (Wildman–Crippen MR) is 145 cm³/mol. The van der Waals surface area contributed by atoms with Gasteiger partial charge in [0.25, 0.3) is 11.8 Å². The molecular formula is C30H24ClF7N2O3. The predicted octanol–water partition coefficient (Wildman–Crippen LogP) is 7.63. The number of carbonyl (C=O) groups excluding carboxylic acids is 2. The average molecular weight is 629 g/mol. The van der Waals surface area contributed by atoms with E-state index in [0.717, 1.165) is 35.9 Å². The molecule has 4 rings (SSSR count). The van der Waals surface area contributed by atoms with Gasteiger partial charge in [0.15, 0.2) is 5.54 Å². The molecule has 0 aliphatic carbocycles. The number of benzene rings is 3. The number of aryl methyl sites for hydroxylation is 1. The molecule has 0 saturated heterocycles. The zero-order chi connectivity index (χ0) is 31.6. The van der Waals surface area contributed by atoms with Crippen LogP contribution in [0.4, 0.5) is 30.7 Å². The van der Waals surface area contributed by atoms with E-state index in [0.29, 0.717) is 0 Å². The van der Waals surface area contributed by atoms with E-state index >= 15 is 0 Å². The molecule has 1 aliphatic rings. The maximum Gasteiger partial charge on any atom is 0.416 e. The third-order valence-electron chi connectivity index (χ3n) is 6.82. The molecule has 0 aromatic heterocycles. The van der Waals surface area contributed by atoms with Gasteiger partial charge in [-0.1, -0.05) is 53.6 Å². The Hall–Kier alpha value is -4.06. The second-order valence-corrected chi connectivity index (χ2v) is 10.3. The summed E-state index contributed by atoms with van der Waals surface area (Å²) >= 11 is 5.98. The second-order valence-electron chi connectivity index (χ2n) is 9.92. The quantitative estimate of drug-likeness (QED) is 0.199. The number of carbonyl (C=O) groups is 2. The molecule has 0 radical (unpaired) electrons. The Labute approximate surface area is 246 Å². The number of ether oxygens (including phenoxy) is 1. The summed E-state index contributed by atoms with van der Waals surface area (Å²) in [4.78, 5) is 26.4. The first-order valence-electron chi connectivity index (χ1n) is 12.9. The van der Waals surface area contributed by atoms with Crippen molar-refractivity contribution < 1.29 is 45.1 Å². The van der Waals surface area contributed by atoms with Crippen LogP contribution in [-0.4, -0.2) is 30.8 Å². The van der Waals surface area contributed by atoms with Crippen LogP contribution in [-0.2, 0) is 10.3 Å². The Balaban J connectivity index is 1.72. The van der Waals surface area contributed by atoms with Crippen molar-refractivity contribution in [3.05, 3.63) is 106 Å². The molecule has 1 unspecified atom stereocenters. The minimum absolute atomic E-state index is 0.0452. The summed E-state index contributed by atoms with van der Waals surface area (Å²) in [6.07, 6.45) is -11.6. The van der Waals surface area contributed by atoms with Crippen LogP contribution in [0, 0.1) is 12.7 Å². The molecule has 5 nitrogen and oxygen atoms in total. The van der Waals surface area contributed by atoms with Crippen molar-refractivity contribution in [3.63, 3.8) is 0 Å². The Morgan fingerprint density at radius 2 is 1.65 bits per heavy atom. The zero-order valence-corrected chi connectivity index (χ0v) is 23.2. The molecule has 1 aliphatic heterocycles. The maximum atomic E-state index is 14.9. The number of amides is 2. The fourth-order valence-electron chi connectivity index (χ4n) is 4.59. The van der Waals surface area contributed by atoms with E-state index in [4.69, 9.17) is 16.3 Å². The van der Waals surface area contributed by atoms with Gasteiger partial charge in [-0.15, -0.1) is 0 Å². The molecule has 2 N–H and O–H groups in total. The number of hydrogen-bond acceptors (Lipinski definition) is 3. The maximum absolute atomic E-state index is 14.9. The van der Waals surface area contributed by atoms with Gasteiger partial charge >= 0.3 is 12.4 Å². The first-order chi connectivity index (χ1) is 20.1. The van der Waals surface area contributed by atoms with Crippen molar-refractivity contribution in [1.29, 1.82) is 0 Å². The summed E-state index contributed by atoms with van der Waals surface area (Å²) < 4.78 is 101. The standard InChI is InChI=1S/C30H24ClF7N2O3/c1-17-3-5-18(6-4-17)23-16-28(30(36,37)38,19-7-10-21(11-8-19)43-14-2-13-29(33,34)35)40-27(42)25(23)39-26(41)22-12-9-20(32)15-24(22)31/h3-12,15H,2,13-14,16H2,1H3,(H,39,41)(H,40,42). The second kappa shape index (κ2) is 12.3. The smallest absolute Gasteiger partial charge is 0.416 e. The van der Waals surface area contributed by atoms with Gasteiger partial charge in [-0.2, -0.15) is 26.3 Å². The Morgan fingerprint density at radius 3 is 2.23 bits per heavy atom. The van der Waals surface area contributed by atoms with Gasteiger partial charge in [-0.05, 0) is 60.4 Å². The molecule has 0 bridgehead atoms. The van der Waals surface area contributed by atoms with Crippen LogP contribution in [0.25, 0.3) is 5.57 Å². The molecule has 3 aromatic rings. The highest BCUT2D eigenvalue weighted by molar-refractivity contribution is 6.34. The highest BCUT2D eigenvalue weighted by Gasteiger charge is 2.59. The van der Waals surface area contributed by atoms with Crippen molar-refractivity contribution in [1.82, 2.24) is 10.6 Å². The summed E-state index contributed by atoms with van der Waals surface area (Å²) in [5.41, 5.74) is -3.06. The normalized spacial score (nSPS) is 17.5. The van der Waals surface area contributed by atoms with Crippen molar-refractivity contribution in [2.45, 2.75) is 44.1 Å². The number of halogens is 8. The zero-order valence-electron chi connectivity index (χ0n) is 22.4. The van der Waals surface area contributed by atoms with E-state index in [-0.39, 0.29) is 46.1 Å². The van der Waals surface area contributed by atoms with Gasteiger partial charge in [-0.3, -0.25) is 9.59 Å². The van der Waals surface area contributed by atoms with Crippen LogP contribution in [0.1, 0.15) is 46.3 Å². The highest BCUT2D eigenvalue weighted by Crippen LogP contribution is 2.48. The number of hydrogen-bond donors (Lipinski definition) is 2. The van der Waals surface area contributed by atoms with Crippen LogP contribution in [0.15, 0.2) is 72.4 Å². The number of rotatable bonds is 8. The van der Waals surface area contributed by atoms with E-state index in [2.05, 4.69) is 5.32 Å². The van der Waals surface area contributed by atoms with E-state index in [9.17, 15) is 40.3 Å². The third-order valence-corrected chi connectivity index (χ3v) is 7.13. The molecule has 2 amide bonds. The van der Waals surface area contributed by atoms with Crippen molar-refractivity contribution in [2.24, 2.45) is 0 Å². The topological polar surface area (TPSA) is 67.4 Å². The van der Waals surface area contributed by atoms with Crippen molar-refractivity contribution in [3.8, 4) is 5.75 Å². The molecule has 0 saturated carbocycles. The Kier molecular flexibility index (Phi) is 9.10. The fraction of sp³-hybridized carbons (Fsp3) is 0.267. The van der Waals surface area contributed by atoms with Crippen LogP contribution in [0.3, 0.4) is 0 Å². The average Bonchev–Trinajstić information content (AvgIpc) is 2.91. The van der Waals surface area contributed by atoms with E-state index < -0.39 is 54.1 Å². The minimum Gasteiger partial charge on any atom is -0.494 e. The van der Waals surface area contributed by atoms with Crippen LogP contribution < -0.4 is 15.4 Å². The summed E-state index contributed by atoms with van der Waals surface area (Å²) in [6.45, 7) is 1.46. The van der Waals surface area contributed by atoms with Gasteiger partial charge in [0.2, 0.25) is 0 Å². The van der Waals surface area contributed by atoms with Crippen molar-refractivity contribution >= 4 is 29.0 Å². The Bertz CT molecular complexity index is 1540. The molecular weight excluding hydrogens is 605 g/mol. The van der Waals surface area contributed by atoms with Crippen molar-refractivity contribution in [2.75, 3.05) is 6.61 Å². The Morgan fingerprint density at radius 1 is 1.00 bits per heavy atom. The molecule has 13 heteroatoms. The lowest BCUT2D eigenvalue weighted by Crippen LogP contribution is -2.60. The van der Waals surface area contributed by atoms with Gasteiger partial charge in [0.05, 0.1) is 17.2 Å². The van der Waals surface area contributed by atoms with E-state index in [1.165, 1.54) is 24.3 Å². The fourth-order valence-corrected chi connectivity index (χ4v) is 4.84. The number of alkyl halides is 6. The summed E-state index contributed by atoms with van der Waals surface area (Å²) in [5, 5.41) is 4.11. The van der Waals surface area contributed by atoms with E-state index in [1.54, 1.807) is 19.1 Å². The lowest BCUT2D eigenvalue weighted by molar-refractivity contribution is -0.201. The summed E-state index contributed by atoms with van der Waals surface area (Å²) in [7, 11) is 0. The monoisotopic (exact) mass is 628 g/mol. The molecule has 228 valence electrons. The first kappa shape index (κ1) is 31.9. The van der Waals surface area contributed by atoms with Gasteiger partial charge in [0, 0.05) is 12.8 Å². The van der Waals surface area contributed by atoms with Gasteiger partial charge in [0.1, 0.15) is 17.3 Å².